The van der Waals surface area contributed by atoms with Crippen LogP contribution in [0.15, 0.2) is 24.5 Å². The number of rotatable bonds is 6. The van der Waals surface area contributed by atoms with E-state index in [2.05, 4.69) is 16.4 Å². The summed E-state index contributed by atoms with van der Waals surface area (Å²) in [5.74, 6) is 1.17. The number of nitrogens with one attached hydrogen (secondary N) is 1. The molecule has 23 heavy (non-hydrogen) atoms. The van der Waals surface area contributed by atoms with Crippen LogP contribution in [-0.4, -0.2) is 35.1 Å². The van der Waals surface area contributed by atoms with Crippen molar-refractivity contribution in [3.8, 4) is 0 Å². The number of pyridine rings is 1. The van der Waals surface area contributed by atoms with Crippen molar-refractivity contribution in [1.29, 1.82) is 0 Å². The molecule has 4 nitrogen and oxygen atoms in total. The lowest BCUT2D eigenvalue weighted by atomic mass is 9.87. The lowest BCUT2D eigenvalue weighted by molar-refractivity contribution is -0.120. The Morgan fingerprint density at radius 1 is 1.30 bits per heavy atom. The fourth-order valence-electron chi connectivity index (χ4n) is 3.55. The van der Waals surface area contributed by atoms with Gasteiger partial charge in [0.1, 0.15) is 0 Å². The van der Waals surface area contributed by atoms with Crippen LogP contribution in [-0.2, 0) is 9.53 Å². The molecule has 1 saturated carbocycles. The van der Waals surface area contributed by atoms with Crippen LogP contribution in [0.3, 0.4) is 0 Å². The van der Waals surface area contributed by atoms with Gasteiger partial charge in [-0.2, -0.15) is 0 Å². The number of carbonyl (C=O) groups excluding carboxylic acids is 1. The van der Waals surface area contributed by atoms with E-state index < -0.39 is 0 Å². The van der Waals surface area contributed by atoms with Gasteiger partial charge in [-0.15, -0.1) is 11.8 Å². The monoisotopic (exact) mass is 334 g/mol. The van der Waals surface area contributed by atoms with Crippen molar-refractivity contribution in [2.45, 2.75) is 49.8 Å². The second kappa shape index (κ2) is 8.69. The number of nitrogens with zero attached hydrogens (tertiary/aromatic N) is 1. The van der Waals surface area contributed by atoms with Gasteiger partial charge in [0.25, 0.3) is 0 Å². The molecule has 1 unspecified atom stereocenters. The third kappa shape index (κ3) is 4.95. The van der Waals surface area contributed by atoms with E-state index in [0.717, 1.165) is 31.6 Å². The number of hydrogen-bond acceptors (Lipinski definition) is 4. The summed E-state index contributed by atoms with van der Waals surface area (Å²) in [6.07, 6.45) is 10.8. The Kier molecular flexibility index (Phi) is 6.34. The Morgan fingerprint density at radius 3 is 2.78 bits per heavy atom. The minimum absolute atomic E-state index is 0.0595. The van der Waals surface area contributed by atoms with Crippen LogP contribution in [0, 0.1) is 5.92 Å². The Labute approximate surface area is 142 Å². The molecular formula is C18H26N2O2S. The highest BCUT2D eigenvalue weighted by molar-refractivity contribution is 8.00. The van der Waals surface area contributed by atoms with Gasteiger partial charge in [-0.1, -0.05) is 18.9 Å². The molecule has 126 valence electrons. The minimum atomic E-state index is 0.0595. The molecular weight excluding hydrogens is 308 g/mol. The van der Waals surface area contributed by atoms with E-state index in [4.69, 9.17) is 4.74 Å². The highest BCUT2D eigenvalue weighted by Crippen LogP contribution is 2.31. The standard InChI is InChI=1S/C18H26N2O2S/c21-17(13-23-16-5-1-2-6-16)20-18(14-7-10-22-11-8-14)15-4-3-9-19-12-15/h3-4,9,12,14,16,18H,1-2,5-8,10-11,13H2,(H,20,21). The van der Waals surface area contributed by atoms with Gasteiger partial charge in [0.15, 0.2) is 0 Å². The van der Waals surface area contributed by atoms with Crippen LogP contribution in [0.4, 0.5) is 0 Å². The van der Waals surface area contributed by atoms with Gasteiger partial charge in [0.2, 0.25) is 5.91 Å². The van der Waals surface area contributed by atoms with Gasteiger partial charge >= 0.3 is 0 Å². The summed E-state index contributed by atoms with van der Waals surface area (Å²) in [6.45, 7) is 1.57. The molecule has 2 fully saturated rings. The van der Waals surface area contributed by atoms with Gasteiger partial charge in [-0.3, -0.25) is 9.78 Å². The first kappa shape index (κ1) is 16.8. The lowest BCUT2D eigenvalue weighted by Gasteiger charge is -2.31. The maximum Gasteiger partial charge on any atom is 0.230 e. The van der Waals surface area contributed by atoms with Crippen LogP contribution >= 0.6 is 11.8 Å². The van der Waals surface area contributed by atoms with E-state index in [1.807, 2.05) is 24.0 Å². The summed E-state index contributed by atoms with van der Waals surface area (Å²) in [5.41, 5.74) is 1.11. The number of amides is 1. The predicted octanol–water partition coefficient (Wildman–Crippen LogP) is 3.34. The third-order valence-corrected chi connectivity index (χ3v) is 6.22. The number of ether oxygens (including phenoxy) is 1. The fourth-order valence-corrected chi connectivity index (χ4v) is 4.68. The fraction of sp³-hybridized carbons (Fsp3) is 0.667. The van der Waals surface area contributed by atoms with Crippen molar-refractivity contribution in [1.82, 2.24) is 10.3 Å². The van der Waals surface area contributed by atoms with Crippen molar-refractivity contribution in [3.63, 3.8) is 0 Å². The Bertz CT molecular complexity index is 485. The minimum Gasteiger partial charge on any atom is -0.381 e. The van der Waals surface area contributed by atoms with E-state index in [0.29, 0.717) is 16.9 Å². The molecule has 1 amide bonds. The summed E-state index contributed by atoms with van der Waals surface area (Å²) in [5, 5.41) is 3.95. The van der Waals surface area contributed by atoms with E-state index in [-0.39, 0.29) is 11.9 Å². The summed E-state index contributed by atoms with van der Waals surface area (Å²) < 4.78 is 5.47. The molecule has 1 aromatic heterocycles. The predicted molar refractivity (Wildman–Crippen MR) is 93.4 cm³/mol. The highest BCUT2D eigenvalue weighted by atomic mass is 32.2. The summed E-state index contributed by atoms with van der Waals surface area (Å²) in [4.78, 5) is 16.7. The Hall–Kier alpha value is -1.07. The topological polar surface area (TPSA) is 51.2 Å². The van der Waals surface area contributed by atoms with Gasteiger partial charge in [-0.25, -0.2) is 0 Å². The molecule has 0 spiro atoms. The van der Waals surface area contributed by atoms with Gasteiger partial charge in [0, 0.05) is 30.9 Å². The van der Waals surface area contributed by atoms with Crippen molar-refractivity contribution in [2.75, 3.05) is 19.0 Å². The van der Waals surface area contributed by atoms with Crippen LogP contribution in [0.1, 0.15) is 50.1 Å². The third-order valence-electron chi connectivity index (χ3n) is 4.85. The van der Waals surface area contributed by atoms with Crippen LogP contribution in [0.5, 0.6) is 0 Å². The van der Waals surface area contributed by atoms with Crippen molar-refractivity contribution in [3.05, 3.63) is 30.1 Å². The molecule has 1 aliphatic heterocycles. The molecule has 0 aromatic carbocycles. The van der Waals surface area contributed by atoms with Crippen molar-refractivity contribution < 1.29 is 9.53 Å². The van der Waals surface area contributed by atoms with E-state index >= 15 is 0 Å². The Morgan fingerprint density at radius 2 is 2.09 bits per heavy atom. The highest BCUT2D eigenvalue weighted by Gasteiger charge is 2.27. The zero-order valence-corrected chi connectivity index (χ0v) is 14.4. The van der Waals surface area contributed by atoms with Crippen LogP contribution < -0.4 is 5.32 Å². The second-order valence-corrected chi connectivity index (χ2v) is 7.79. The Balaban J connectivity index is 1.59. The van der Waals surface area contributed by atoms with Crippen molar-refractivity contribution >= 4 is 17.7 Å². The van der Waals surface area contributed by atoms with Crippen LogP contribution in [0.2, 0.25) is 0 Å². The SMILES string of the molecule is O=C(CSC1CCCC1)NC(c1cccnc1)C1CCOCC1. The van der Waals surface area contributed by atoms with E-state index in [9.17, 15) is 4.79 Å². The first-order chi connectivity index (χ1) is 11.3. The normalized spacial score (nSPS) is 21.2. The maximum atomic E-state index is 12.4. The zero-order valence-electron chi connectivity index (χ0n) is 13.6. The number of thioether (sulfide) groups is 1. The lowest BCUT2D eigenvalue weighted by Crippen LogP contribution is -2.37. The van der Waals surface area contributed by atoms with E-state index in [1.54, 1.807) is 6.20 Å². The molecule has 2 aliphatic rings. The maximum absolute atomic E-state index is 12.4. The summed E-state index contributed by atoms with van der Waals surface area (Å²) >= 11 is 1.82. The van der Waals surface area contributed by atoms with Gasteiger partial charge in [-0.05, 0) is 43.2 Å². The number of aromatic nitrogens is 1. The van der Waals surface area contributed by atoms with Gasteiger partial charge < -0.3 is 10.1 Å². The molecule has 5 heteroatoms. The summed E-state index contributed by atoms with van der Waals surface area (Å²) in [6, 6.07) is 4.07. The molecule has 3 rings (SSSR count). The first-order valence-corrected chi connectivity index (χ1v) is 9.76. The quantitative estimate of drug-likeness (QED) is 0.867. The van der Waals surface area contributed by atoms with Crippen molar-refractivity contribution in [2.24, 2.45) is 5.92 Å². The molecule has 1 N–H and O–H groups in total. The van der Waals surface area contributed by atoms with E-state index in [1.165, 1.54) is 25.7 Å². The molecule has 1 atom stereocenters. The molecule has 0 bridgehead atoms. The summed E-state index contributed by atoms with van der Waals surface area (Å²) in [7, 11) is 0. The van der Waals surface area contributed by atoms with Crippen LogP contribution in [0.25, 0.3) is 0 Å². The largest absolute Gasteiger partial charge is 0.381 e. The average Bonchev–Trinajstić information content (AvgIpc) is 3.13. The first-order valence-electron chi connectivity index (χ1n) is 8.71. The molecule has 1 aromatic rings. The molecule has 1 aliphatic carbocycles. The molecule has 1 saturated heterocycles. The number of carbonyl (C=O) groups is 1. The average molecular weight is 334 g/mol. The number of hydrogen-bond donors (Lipinski definition) is 1. The van der Waals surface area contributed by atoms with Gasteiger partial charge in [0.05, 0.1) is 11.8 Å². The second-order valence-electron chi connectivity index (χ2n) is 6.50. The molecule has 2 heterocycles. The molecule has 0 radical (unpaired) electrons. The smallest absolute Gasteiger partial charge is 0.230 e. The zero-order chi connectivity index (χ0) is 15.9.